The second kappa shape index (κ2) is 7.22. The monoisotopic (exact) mass is 301 g/mol. The van der Waals surface area contributed by atoms with Crippen molar-refractivity contribution in [3.8, 4) is 0 Å². The molecule has 1 saturated heterocycles. The minimum atomic E-state index is -0.120. The van der Waals surface area contributed by atoms with Gasteiger partial charge >= 0.3 is 0 Å². The molecule has 22 heavy (non-hydrogen) atoms. The largest absolute Gasteiger partial charge is 0.355 e. The highest BCUT2D eigenvalue weighted by molar-refractivity contribution is 5.95. The Labute approximate surface area is 131 Å². The highest BCUT2D eigenvalue weighted by atomic mass is 16.2. The minimum absolute atomic E-state index is 0.00905. The van der Waals surface area contributed by atoms with E-state index in [2.05, 4.69) is 5.32 Å². The van der Waals surface area contributed by atoms with Gasteiger partial charge in [0.15, 0.2) is 0 Å². The molecule has 3 N–H and O–H groups in total. The molecule has 118 valence electrons. The lowest BCUT2D eigenvalue weighted by Gasteiger charge is -2.35. The summed E-state index contributed by atoms with van der Waals surface area (Å²) in [5, 5.41) is 2.57. The maximum Gasteiger partial charge on any atom is 0.251 e. The average molecular weight is 301 g/mol. The highest BCUT2D eigenvalue weighted by Gasteiger charge is 2.25. The van der Waals surface area contributed by atoms with Crippen molar-refractivity contribution in [3.63, 3.8) is 0 Å². The molecule has 2 unspecified atom stereocenters. The van der Waals surface area contributed by atoms with Gasteiger partial charge in [0.1, 0.15) is 0 Å². The fraction of sp³-hybridized carbons (Fsp3) is 0.412. The predicted molar refractivity (Wildman–Crippen MR) is 87.3 cm³/mol. The van der Waals surface area contributed by atoms with Gasteiger partial charge in [-0.15, -0.1) is 0 Å². The first-order valence-corrected chi connectivity index (χ1v) is 7.57. The van der Waals surface area contributed by atoms with Gasteiger partial charge in [-0.05, 0) is 43.5 Å². The van der Waals surface area contributed by atoms with Gasteiger partial charge in [-0.1, -0.05) is 12.1 Å². The topological polar surface area (TPSA) is 75.4 Å². The molecule has 1 fully saturated rings. The molecule has 2 amide bonds. The number of carbonyl (C=O) groups excluding carboxylic acids is 2. The fourth-order valence-corrected chi connectivity index (χ4v) is 2.69. The molecule has 2 atom stereocenters. The summed E-state index contributed by atoms with van der Waals surface area (Å²) in [7, 11) is 1.60. The summed E-state index contributed by atoms with van der Waals surface area (Å²) in [4.78, 5) is 25.6. The van der Waals surface area contributed by atoms with Crippen LogP contribution in [0.1, 0.15) is 35.7 Å². The van der Waals surface area contributed by atoms with Crippen LogP contribution in [0.3, 0.4) is 0 Å². The third kappa shape index (κ3) is 3.95. The molecule has 0 aliphatic carbocycles. The minimum Gasteiger partial charge on any atom is -0.355 e. The third-order valence-corrected chi connectivity index (χ3v) is 4.02. The van der Waals surface area contributed by atoms with Gasteiger partial charge in [-0.25, -0.2) is 0 Å². The molecule has 2 rings (SSSR count). The van der Waals surface area contributed by atoms with Gasteiger partial charge in [0.2, 0.25) is 5.91 Å². The predicted octanol–water partition coefficient (Wildman–Crippen LogP) is 1.40. The van der Waals surface area contributed by atoms with Crippen molar-refractivity contribution in [1.29, 1.82) is 0 Å². The summed E-state index contributed by atoms with van der Waals surface area (Å²) in [6.45, 7) is 2.74. The number of piperidine rings is 1. The second-order valence-corrected chi connectivity index (χ2v) is 5.70. The van der Waals surface area contributed by atoms with Gasteiger partial charge in [-0.3, -0.25) is 9.59 Å². The summed E-state index contributed by atoms with van der Waals surface area (Å²) < 4.78 is 0. The molecule has 5 nitrogen and oxygen atoms in total. The zero-order valence-electron chi connectivity index (χ0n) is 13.1. The van der Waals surface area contributed by atoms with E-state index in [9.17, 15) is 9.59 Å². The molecule has 0 radical (unpaired) electrons. The fourth-order valence-electron chi connectivity index (χ4n) is 2.69. The molecule has 0 spiro atoms. The number of carbonyl (C=O) groups is 2. The lowest BCUT2D eigenvalue weighted by molar-refractivity contribution is -0.129. The SMILES string of the molecule is CNC(=O)c1ccc(C=CC(=O)N2CCC(N)CC2C)cc1. The number of hydrogen-bond donors (Lipinski definition) is 2. The number of nitrogens with one attached hydrogen (secondary N) is 1. The van der Waals surface area contributed by atoms with E-state index in [1.54, 1.807) is 31.3 Å². The van der Waals surface area contributed by atoms with E-state index in [-0.39, 0.29) is 23.9 Å². The molecule has 0 aromatic heterocycles. The Hall–Kier alpha value is -2.14. The van der Waals surface area contributed by atoms with Crippen LogP contribution in [0.25, 0.3) is 6.08 Å². The van der Waals surface area contributed by atoms with Gasteiger partial charge in [0.25, 0.3) is 5.91 Å². The Morgan fingerprint density at radius 3 is 2.59 bits per heavy atom. The van der Waals surface area contributed by atoms with Gasteiger partial charge in [0.05, 0.1) is 0 Å². The van der Waals surface area contributed by atoms with Gasteiger partial charge in [-0.2, -0.15) is 0 Å². The van der Waals surface area contributed by atoms with Crippen molar-refractivity contribution in [2.45, 2.75) is 31.8 Å². The number of hydrogen-bond acceptors (Lipinski definition) is 3. The molecule has 5 heteroatoms. The van der Waals surface area contributed by atoms with E-state index in [0.717, 1.165) is 18.4 Å². The van der Waals surface area contributed by atoms with Gasteiger partial charge in [0, 0.05) is 37.3 Å². The zero-order valence-corrected chi connectivity index (χ0v) is 13.1. The second-order valence-electron chi connectivity index (χ2n) is 5.70. The van der Waals surface area contributed by atoms with Crippen LogP contribution in [0.4, 0.5) is 0 Å². The first-order valence-electron chi connectivity index (χ1n) is 7.57. The number of nitrogens with zero attached hydrogens (tertiary/aromatic N) is 1. The lowest BCUT2D eigenvalue weighted by atomic mass is 9.99. The normalized spacial score (nSPS) is 21.9. The number of benzene rings is 1. The summed E-state index contributed by atoms with van der Waals surface area (Å²) in [6, 6.07) is 7.50. The highest BCUT2D eigenvalue weighted by Crippen LogP contribution is 2.16. The molecule has 1 aromatic carbocycles. The Balaban J connectivity index is 1.99. The Kier molecular flexibility index (Phi) is 5.33. The molecular formula is C17H23N3O2. The molecule has 1 heterocycles. The molecule has 1 aliphatic rings. The lowest BCUT2D eigenvalue weighted by Crippen LogP contribution is -2.47. The van der Waals surface area contributed by atoms with Crippen LogP contribution in [0.5, 0.6) is 0 Å². The van der Waals surface area contributed by atoms with Crippen LogP contribution < -0.4 is 11.1 Å². The standard InChI is InChI=1S/C17H23N3O2/c1-12-11-15(18)9-10-20(12)16(21)8-5-13-3-6-14(7-4-13)17(22)19-2/h3-8,12,15H,9-11,18H2,1-2H3,(H,19,22). The summed E-state index contributed by atoms with van der Waals surface area (Å²) in [5.74, 6) is -0.111. The van der Waals surface area contributed by atoms with E-state index >= 15 is 0 Å². The van der Waals surface area contributed by atoms with Crippen LogP contribution in [-0.4, -0.2) is 42.4 Å². The van der Waals surface area contributed by atoms with Crippen LogP contribution in [-0.2, 0) is 4.79 Å². The van der Waals surface area contributed by atoms with Crippen molar-refractivity contribution in [3.05, 3.63) is 41.5 Å². The average Bonchev–Trinajstić information content (AvgIpc) is 2.52. The maximum atomic E-state index is 12.2. The van der Waals surface area contributed by atoms with Crippen LogP contribution in [0.2, 0.25) is 0 Å². The first-order chi connectivity index (χ1) is 10.5. The van der Waals surface area contributed by atoms with Crippen molar-refractivity contribution in [1.82, 2.24) is 10.2 Å². The van der Waals surface area contributed by atoms with E-state index < -0.39 is 0 Å². The molecule has 1 aromatic rings. The first kappa shape index (κ1) is 16.2. The summed E-state index contributed by atoms with van der Waals surface area (Å²) >= 11 is 0. The Bertz CT molecular complexity index is 566. The maximum absolute atomic E-state index is 12.2. The van der Waals surface area contributed by atoms with Crippen LogP contribution >= 0.6 is 0 Å². The van der Waals surface area contributed by atoms with Crippen molar-refractivity contribution in [2.24, 2.45) is 5.73 Å². The molecular weight excluding hydrogens is 278 g/mol. The quantitative estimate of drug-likeness (QED) is 0.829. The van der Waals surface area contributed by atoms with Crippen molar-refractivity contribution >= 4 is 17.9 Å². The number of rotatable bonds is 3. The molecule has 1 aliphatic heterocycles. The number of likely N-dealkylation sites (tertiary alicyclic amines) is 1. The Morgan fingerprint density at radius 1 is 1.32 bits per heavy atom. The molecule has 0 saturated carbocycles. The summed E-state index contributed by atoms with van der Waals surface area (Å²) in [5.41, 5.74) is 7.41. The van der Waals surface area contributed by atoms with Crippen molar-refractivity contribution < 1.29 is 9.59 Å². The van der Waals surface area contributed by atoms with E-state index in [0.29, 0.717) is 12.1 Å². The Morgan fingerprint density at radius 2 is 2.00 bits per heavy atom. The van der Waals surface area contributed by atoms with E-state index in [4.69, 9.17) is 5.73 Å². The molecule has 0 bridgehead atoms. The number of amides is 2. The van der Waals surface area contributed by atoms with Crippen LogP contribution in [0.15, 0.2) is 30.3 Å². The van der Waals surface area contributed by atoms with Gasteiger partial charge < -0.3 is 16.0 Å². The third-order valence-electron chi connectivity index (χ3n) is 4.02. The van der Waals surface area contributed by atoms with E-state index in [1.165, 1.54) is 0 Å². The van der Waals surface area contributed by atoms with E-state index in [1.807, 2.05) is 24.0 Å². The zero-order chi connectivity index (χ0) is 16.1. The number of nitrogens with two attached hydrogens (primary N) is 1. The summed E-state index contributed by atoms with van der Waals surface area (Å²) in [6.07, 6.45) is 5.06. The van der Waals surface area contributed by atoms with Crippen molar-refractivity contribution in [2.75, 3.05) is 13.6 Å². The smallest absolute Gasteiger partial charge is 0.251 e. The van der Waals surface area contributed by atoms with Crippen LogP contribution in [0, 0.1) is 0 Å².